The normalized spacial score (nSPS) is 14.9. The lowest BCUT2D eigenvalue weighted by Gasteiger charge is -2.24. The summed E-state index contributed by atoms with van der Waals surface area (Å²) in [6.07, 6.45) is -5.46. The molecule has 0 saturated carbocycles. The van der Waals surface area contributed by atoms with Crippen LogP contribution in [0, 0.1) is 6.92 Å². The third kappa shape index (κ3) is 3.24. The third-order valence-electron chi connectivity index (χ3n) is 2.37. The molecule has 1 aromatic rings. The monoisotopic (exact) mass is 343 g/mol. The van der Waals surface area contributed by atoms with Crippen LogP contribution in [0.2, 0.25) is 0 Å². The van der Waals surface area contributed by atoms with Gasteiger partial charge in [-0.05, 0) is 24.6 Å². The van der Waals surface area contributed by atoms with Crippen molar-refractivity contribution in [1.29, 1.82) is 0 Å². The molecule has 0 unspecified atom stereocenters. The van der Waals surface area contributed by atoms with Crippen LogP contribution in [0.25, 0.3) is 0 Å². The predicted octanol–water partition coefficient (Wildman–Crippen LogP) is 3.57. The van der Waals surface area contributed by atoms with Crippen molar-refractivity contribution in [3.8, 4) is 0 Å². The molecule has 0 spiro atoms. The van der Waals surface area contributed by atoms with Crippen LogP contribution >= 0.6 is 15.9 Å². The van der Waals surface area contributed by atoms with Gasteiger partial charge in [0, 0.05) is 17.3 Å². The molecule has 0 saturated heterocycles. The predicted molar refractivity (Wildman–Crippen MR) is 64.4 cm³/mol. The average Bonchev–Trinajstić information content (AvgIpc) is 2.31. The summed E-state index contributed by atoms with van der Waals surface area (Å²) in [6.45, 7) is 1.75. The summed E-state index contributed by atoms with van der Waals surface area (Å²) in [5, 5.41) is 1.82. The second-order valence-corrected chi connectivity index (χ2v) is 4.57. The molecule has 0 aliphatic rings. The summed E-state index contributed by atoms with van der Waals surface area (Å²) >= 11 is 3.14. The maximum atomic E-state index is 13.5. The highest BCUT2D eigenvalue weighted by Gasteiger charge is 2.63. The molecule has 106 valence electrons. The van der Waals surface area contributed by atoms with Crippen LogP contribution < -0.4 is 5.32 Å². The number of rotatable bonds is 3. The van der Waals surface area contributed by atoms with Crippen molar-refractivity contribution in [2.75, 3.05) is 12.4 Å². The van der Waals surface area contributed by atoms with Crippen molar-refractivity contribution in [1.82, 2.24) is 0 Å². The first kappa shape index (κ1) is 15.9. The van der Waals surface area contributed by atoms with E-state index in [1.807, 2.05) is 5.32 Å². The molecule has 1 atom stereocenters. The molecule has 0 heterocycles. The highest BCUT2D eigenvalue weighted by atomic mass is 79.9. The molecule has 1 N–H and O–H groups in total. The number of alkyl halides is 4. The van der Waals surface area contributed by atoms with E-state index in [4.69, 9.17) is 0 Å². The van der Waals surface area contributed by atoms with Crippen LogP contribution in [0.15, 0.2) is 22.7 Å². The molecule has 8 heteroatoms. The summed E-state index contributed by atoms with van der Waals surface area (Å²) in [5.74, 6) is -6.32. The highest BCUT2D eigenvalue weighted by Crippen LogP contribution is 2.35. The summed E-state index contributed by atoms with van der Waals surface area (Å²) in [7, 11) is 0.470. The number of anilines is 1. The SMILES string of the molecule is CO[C@](F)(C(=O)Nc1ccc(C)c(Br)c1)C(F)(F)F. The Morgan fingerprint density at radius 2 is 1.89 bits per heavy atom. The third-order valence-corrected chi connectivity index (χ3v) is 3.22. The number of carbonyl (C=O) groups excluding carboxylic acids is 1. The van der Waals surface area contributed by atoms with E-state index in [2.05, 4.69) is 20.7 Å². The maximum Gasteiger partial charge on any atom is 0.458 e. The van der Waals surface area contributed by atoms with Crippen LogP contribution in [0.3, 0.4) is 0 Å². The van der Waals surface area contributed by atoms with Gasteiger partial charge >= 0.3 is 12.0 Å². The van der Waals surface area contributed by atoms with Crippen molar-refractivity contribution < 1.29 is 27.1 Å². The van der Waals surface area contributed by atoms with Gasteiger partial charge in [-0.3, -0.25) is 4.79 Å². The number of ether oxygens (including phenoxy) is 1. The topological polar surface area (TPSA) is 38.3 Å². The van der Waals surface area contributed by atoms with Gasteiger partial charge in [-0.2, -0.15) is 17.6 Å². The Morgan fingerprint density at radius 3 is 2.32 bits per heavy atom. The van der Waals surface area contributed by atoms with Crippen molar-refractivity contribution in [3.05, 3.63) is 28.2 Å². The minimum Gasteiger partial charge on any atom is -0.335 e. The number of aryl methyl sites for hydroxylation is 1. The average molecular weight is 344 g/mol. The van der Waals surface area contributed by atoms with E-state index >= 15 is 0 Å². The lowest BCUT2D eigenvalue weighted by Crippen LogP contribution is -2.52. The molecule has 19 heavy (non-hydrogen) atoms. The molecule has 1 amide bonds. The molecule has 0 aromatic heterocycles. The maximum absolute atomic E-state index is 13.5. The molecule has 0 aliphatic carbocycles. The van der Waals surface area contributed by atoms with E-state index in [0.29, 0.717) is 11.6 Å². The van der Waals surface area contributed by atoms with Gasteiger partial charge < -0.3 is 10.1 Å². The second-order valence-electron chi connectivity index (χ2n) is 3.72. The molecule has 1 aromatic carbocycles. The van der Waals surface area contributed by atoms with Crippen LogP contribution in [0.1, 0.15) is 5.56 Å². The first-order valence-corrected chi connectivity index (χ1v) is 5.79. The molecule has 0 fully saturated rings. The summed E-state index contributed by atoms with van der Waals surface area (Å²) < 4.78 is 55.1. The molecule has 0 bridgehead atoms. The Labute approximate surface area is 115 Å². The first-order valence-electron chi connectivity index (χ1n) is 5.00. The number of carbonyl (C=O) groups is 1. The zero-order valence-corrected chi connectivity index (χ0v) is 11.5. The van der Waals surface area contributed by atoms with Crippen LogP contribution in [0.4, 0.5) is 23.2 Å². The Kier molecular flexibility index (Phi) is 4.57. The zero-order valence-electron chi connectivity index (χ0n) is 9.94. The van der Waals surface area contributed by atoms with E-state index < -0.39 is 17.9 Å². The van der Waals surface area contributed by atoms with E-state index in [1.54, 1.807) is 13.0 Å². The molecular weight excluding hydrogens is 334 g/mol. The van der Waals surface area contributed by atoms with Gasteiger partial charge in [-0.1, -0.05) is 22.0 Å². The standard InChI is InChI=1S/C11H10BrF4NO2/c1-6-3-4-7(5-8(6)12)17-9(18)10(13,19-2)11(14,15)16/h3-5H,1-2H3,(H,17,18)/t10-/m1/s1. The number of nitrogens with one attached hydrogen (secondary N) is 1. The fraction of sp³-hybridized carbons (Fsp3) is 0.364. The van der Waals surface area contributed by atoms with E-state index in [-0.39, 0.29) is 5.69 Å². The van der Waals surface area contributed by atoms with Gasteiger partial charge in [0.05, 0.1) is 0 Å². The van der Waals surface area contributed by atoms with Gasteiger partial charge in [0.1, 0.15) is 0 Å². The first-order chi connectivity index (χ1) is 8.61. The quantitative estimate of drug-likeness (QED) is 0.852. The van der Waals surface area contributed by atoms with E-state index in [0.717, 1.165) is 5.56 Å². The van der Waals surface area contributed by atoms with E-state index in [1.165, 1.54) is 12.1 Å². The lowest BCUT2D eigenvalue weighted by atomic mass is 10.2. The number of hydrogen-bond donors (Lipinski definition) is 1. The smallest absolute Gasteiger partial charge is 0.335 e. The van der Waals surface area contributed by atoms with Crippen LogP contribution in [0.5, 0.6) is 0 Å². The van der Waals surface area contributed by atoms with Gasteiger partial charge in [-0.15, -0.1) is 0 Å². The largest absolute Gasteiger partial charge is 0.458 e. The van der Waals surface area contributed by atoms with E-state index in [9.17, 15) is 22.4 Å². The Balaban J connectivity index is 2.98. The summed E-state index contributed by atoms with van der Waals surface area (Å²) in [6, 6.07) is 4.27. The summed E-state index contributed by atoms with van der Waals surface area (Å²) in [4.78, 5) is 11.4. The zero-order chi connectivity index (χ0) is 14.8. The minimum atomic E-state index is -5.46. The lowest BCUT2D eigenvalue weighted by molar-refractivity contribution is -0.305. The Hall–Kier alpha value is -1.15. The Morgan fingerprint density at radius 1 is 1.32 bits per heavy atom. The molecule has 3 nitrogen and oxygen atoms in total. The van der Waals surface area contributed by atoms with Crippen LogP contribution in [-0.2, 0) is 9.53 Å². The van der Waals surface area contributed by atoms with Crippen molar-refractivity contribution >= 4 is 27.5 Å². The molecule has 0 radical (unpaired) electrons. The fourth-order valence-electron chi connectivity index (χ4n) is 1.22. The number of halogens is 5. The van der Waals surface area contributed by atoms with Crippen molar-refractivity contribution in [2.24, 2.45) is 0 Å². The van der Waals surface area contributed by atoms with Crippen molar-refractivity contribution in [2.45, 2.75) is 19.0 Å². The van der Waals surface area contributed by atoms with Gasteiger partial charge in [0.2, 0.25) is 0 Å². The highest BCUT2D eigenvalue weighted by molar-refractivity contribution is 9.10. The summed E-state index contributed by atoms with van der Waals surface area (Å²) in [5.41, 5.74) is 0.831. The fourth-order valence-corrected chi connectivity index (χ4v) is 1.60. The molecule has 0 aliphatic heterocycles. The number of benzene rings is 1. The number of amides is 1. The molecular formula is C11H10BrF4NO2. The second kappa shape index (κ2) is 5.46. The van der Waals surface area contributed by atoms with Crippen molar-refractivity contribution in [3.63, 3.8) is 0 Å². The van der Waals surface area contributed by atoms with Gasteiger partial charge in [0.25, 0.3) is 5.91 Å². The number of methoxy groups -OCH3 is 1. The number of hydrogen-bond acceptors (Lipinski definition) is 2. The van der Waals surface area contributed by atoms with Gasteiger partial charge in [0.15, 0.2) is 0 Å². The Bertz CT molecular complexity index is 492. The van der Waals surface area contributed by atoms with Crippen LogP contribution in [-0.4, -0.2) is 25.0 Å². The minimum absolute atomic E-state index is 0.0193. The van der Waals surface area contributed by atoms with Gasteiger partial charge in [-0.25, -0.2) is 0 Å². The molecule has 1 rings (SSSR count).